The lowest BCUT2D eigenvalue weighted by Gasteiger charge is -2.09. The van der Waals surface area contributed by atoms with Gasteiger partial charge in [-0.25, -0.2) is 4.68 Å². The summed E-state index contributed by atoms with van der Waals surface area (Å²) in [6.07, 6.45) is 0. The molecule has 2 N–H and O–H groups in total. The fourth-order valence-electron chi connectivity index (χ4n) is 2.35. The lowest BCUT2D eigenvalue weighted by Crippen LogP contribution is -2.12. The van der Waals surface area contributed by atoms with Crippen molar-refractivity contribution < 1.29 is 0 Å². The number of aromatic nitrogens is 2. The third-order valence-corrected chi connectivity index (χ3v) is 3.20. The van der Waals surface area contributed by atoms with Crippen molar-refractivity contribution in [3.8, 4) is 5.69 Å². The van der Waals surface area contributed by atoms with Gasteiger partial charge in [0.25, 0.3) is 0 Å². The molecule has 2 aromatic rings. The van der Waals surface area contributed by atoms with Crippen LogP contribution in [0, 0.1) is 6.92 Å². The molecule has 17 heavy (non-hydrogen) atoms. The Kier molecular flexibility index (Phi) is 2.19. The van der Waals surface area contributed by atoms with Crippen LogP contribution in [0.2, 0.25) is 0 Å². The predicted molar refractivity (Wildman–Crippen MR) is 67.9 cm³/mol. The second-order valence-electron chi connectivity index (χ2n) is 4.73. The van der Waals surface area contributed by atoms with Gasteiger partial charge in [0.2, 0.25) is 0 Å². The summed E-state index contributed by atoms with van der Waals surface area (Å²) in [7, 11) is 2.08. The molecular formula is C13H16N4. The van der Waals surface area contributed by atoms with Crippen molar-refractivity contribution in [2.75, 3.05) is 12.8 Å². The number of rotatable bonds is 1. The zero-order chi connectivity index (χ0) is 12.0. The SMILES string of the molecule is Cc1cccc(-n2nc3c(c2N)CN(C)C3)c1. The molecule has 88 valence electrons. The molecule has 0 amide bonds. The van der Waals surface area contributed by atoms with E-state index in [0.717, 1.165) is 30.3 Å². The highest BCUT2D eigenvalue weighted by atomic mass is 15.3. The Bertz CT molecular complexity index is 571. The lowest BCUT2D eigenvalue weighted by atomic mass is 10.2. The van der Waals surface area contributed by atoms with Gasteiger partial charge in [-0.3, -0.25) is 4.90 Å². The highest BCUT2D eigenvalue weighted by Gasteiger charge is 2.24. The molecule has 0 saturated carbocycles. The number of nitrogens with zero attached hydrogens (tertiary/aromatic N) is 3. The molecular weight excluding hydrogens is 212 g/mol. The Morgan fingerprint density at radius 2 is 2.12 bits per heavy atom. The van der Waals surface area contributed by atoms with Crippen LogP contribution < -0.4 is 5.73 Å². The molecule has 0 atom stereocenters. The Morgan fingerprint density at radius 3 is 2.82 bits per heavy atom. The molecule has 2 heterocycles. The van der Waals surface area contributed by atoms with Crippen LogP contribution in [-0.2, 0) is 13.1 Å². The Hall–Kier alpha value is -1.81. The lowest BCUT2D eigenvalue weighted by molar-refractivity contribution is 0.348. The zero-order valence-corrected chi connectivity index (χ0v) is 10.1. The fraction of sp³-hybridized carbons (Fsp3) is 0.308. The molecule has 0 bridgehead atoms. The van der Waals surface area contributed by atoms with Gasteiger partial charge in [0.15, 0.2) is 0 Å². The highest BCUT2D eigenvalue weighted by Crippen LogP contribution is 2.28. The van der Waals surface area contributed by atoms with E-state index < -0.39 is 0 Å². The van der Waals surface area contributed by atoms with Gasteiger partial charge in [0.05, 0.1) is 11.4 Å². The maximum Gasteiger partial charge on any atom is 0.132 e. The first kappa shape index (κ1) is 10.4. The summed E-state index contributed by atoms with van der Waals surface area (Å²) >= 11 is 0. The summed E-state index contributed by atoms with van der Waals surface area (Å²) in [6, 6.07) is 8.24. The number of fused-ring (bicyclic) bond motifs is 1. The summed E-state index contributed by atoms with van der Waals surface area (Å²) in [5.41, 5.74) is 10.7. The Morgan fingerprint density at radius 1 is 1.29 bits per heavy atom. The number of anilines is 1. The van der Waals surface area contributed by atoms with Gasteiger partial charge in [0, 0.05) is 18.7 Å². The third kappa shape index (κ3) is 1.61. The Labute approximate surface area is 101 Å². The van der Waals surface area contributed by atoms with E-state index in [0.29, 0.717) is 0 Å². The number of nitrogens with two attached hydrogens (primary N) is 1. The number of aryl methyl sites for hydroxylation is 1. The zero-order valence-electron chi connectivity index (χ0n) is 10.1. The third-order valence-electron chi connectivity index (χ3n) is 3.20. The van der Waals surface area contributed by atoms with Gasteiger partial charge in [-0.2, -0.15) is 5.10 Å². The van der Waals surface area contributed by atoms with Gasteiger partial charge in [0.1, 0.15) is 5.82 Å². The van der Waals surface area contributed by atoms with Crippen molar-refractivity contribution in [3.05, 3.63) is 41.1 Å². The summed E-state index contributed by atoms with van der Waals surface area (Å²) in [5.74, 6) is 0.773. The molecule has 3 rings (SSSR count). The maximum atomic E-state index is 6.17. The van der Waals surface area contributed by atoms with Crippen molar-refractivity contribution in [2.45, 2.75) is 20.0 Å². The molecule has 4 heteroatoms. The molecule has 1 aliphatic rings. The van der Waals surface area contributed by atoms with Gasteiger partial charge < -0.3 is 5.73 Å². The minimum atomic E-state index is 0.773. The first-order valence-electron chi connectivity index (χ1n) is 5.77. The van der Waals surface area contributed by atoms with Crippen LogP contribution in [0.3, 0.4) is 0 Å². The number of hydrogen-bond donors (Lipinski definition) is 1. The van der Waals surface area contributed by atoms with Gasteiger partial charge in [-0.05, 0) is 31.7 Å². The van der Waals surface area contributed by atoms with E-state index in [1.807, 2.05) is 16.8 Å². The van der Waals surface area contributed by atoms with E-state index >= 15 is 0 Å². The summed E-state index contributed by atoms with van der Waals surface area (Å²) in [6.45, 7) is 3.86. The fourth-order valence-corrected chi connectivity index (χ4v) is 2.35. The quantitative estimate of drug-likeness (QED) is 0.808. The van der Waals surface area contributed by atoms with Crippen molar-refractivity contribution in [1.29, 1.82) is 0 Å². The van der Waals surface area contributed by atoms with Crippen molar-refractivity contribution in [2.24, 2.45) is 0 Å². The van der Waals surface area contributed by atoms with E-state index in [4.69, 9.17) is 5.73 Å². The van der Waals surface area contributed by atoms with Crippen LogP contribution in [-0.4, -0.2) is 21.7 Å². The van der Waals surface area contributed by atoms with Gasteiger partial charge in [-0.15, -0.1) is 0 Å². The van der Waals surface area contributed by atoms with Crippen LogP contribution in [0.25, 0.3) is 5.69 Å². The normalized spacial score (nSPS) is 15.2. The molecule has 0 spiro atoms. The van der Waals surface area contributed by atoms with Crippen LogP contribution in [0.1, 0.15) is 16.8 Å². The summed E-state index contributed by atoms with van der Waals surface area (Å²) < 4.78 is 1.85. The standard InChI is InChI=1S/C13H16N4/c1-9-4-3-5-10(6-9)17-13(14)11-7-16(2)8-12(11)15-17/h3-6H,7-8,14H2,1-2H3. The predicted octanol–water partition coefficient (Wildman–Crippen LogP) is 1.71. The van der Waals surface area contributed by atoms with Crippen molar-refractivity contribution in [3.63, 3.8) is 0 Å². The van der Waals surface area contributed by atoms with E-state index in [9.17, 15) is 0 Å². The molecule has 0 radical (unpaired) electrons. The average molecular weight is 228 g/mol. The summed E-state index contributed by atoms with van der Waals surface area (Å²) in [4.78, 5) is 2.22. The van der Waals surface area contributed by atoms with Crippen molar-refractivity contribution in [1.82, 2.24) is 14.7 Å². The van der Waals surface area contributed by atoms with E-state index in [1.165, 1.54) is 11.1 Å². The van der Waals surface area contributed by atoms with Crippen LogP contribution in [0.15, 0.2) is 24.3 Å². The van der Waals surface area contributed by atoms with E-state index in [1.54, 1.807) is 0 Å². The number of hydrogen-bond acceptors (Lipinski definition) is 3. The minimum Gasteiger partial charge on any atom is -0.383 e. The largest absolute Gasteiger partial charge is 0.383 e. The molecule has 0 unspecified atom stereocenters. The minimum absolute atomic E-state index is 0.773. The first-order chi connectivity index (χ1) is 8.15. The van der Waals surface area contributed by atoms with Crippen LogP contribution in [0.4, 0.5) is 5.82 Å². The molecule has 1 aromatic heterocycles. The second-order valence-corrected chi connectivity index (χ2v) is 4.73. The molecule has 0 aliphatic carbocycles. The molecule has 0 fully saturated rings. The van der Waals surface area contributed by atoms with Gasteiger partial charge >= 0.3 is 0 Å². The smallest absolute Gasteiger partial charge is 0.132 e. The number of benzene rings is 1. The van der Waals surface area contributed by atoms with Crippen LogP contribution in [0.5, 0.6) is 0 Å². The maximum absolute atomic E-state index is 6.17. The van der Waals surface area contributed by atoms with Crippen molar-refractivity contribution >= 4 is 5.82 Å². The van der Waals surface area contributed by atoms with Gasteiger partial charge in [-0.1, -0.05) is 12.1 Å². The highest BCUT2D eigenvalue weighted by molar-refractivity contribution is 5.51. The average Bonchev–Trinajstić information content (AvgIpc) is 2.78. The number of nitrogen functional groups attached to an aromatic ring is 1. The Balaban J connectivity index is 2.09. The monoisotopic (exact) mass is 228 g/mol. The molecule has 1 aliphatic heterocycles. The van der Waals surface area contributed by atoms with Crippen LogP contribution >= 0.6 is 0 Å². The second kappa shape index (κ2) is 3.60. The topological polar surface area (TPSA) is 47.1 Å². The molecule has 1 aromatic carbocycles. The van der Waals surface area contributed by atoms with E-state index in [-0.39, 0.29) is 0 Å². The molecule has 4 nitrogen and oxygen atoms in total. The summed E-state index contributed by atoms with van der Waals surface area (Å²) in [5, 5.41) is 4.60. The molecule has 0 saturated heterocycles. The van der Waals surface area contributed by atoms with E-state index in [2.05, 4.69) is 36.1 Å². The first-order valence-corrected chi connectivity index (χ1v) is 5.77.